The topological polar surface area (TPSA) is 63.8 Å². The summed E-state index contributed by atoms with van der Waals surface area (Å²) in [4.78, 5) is 14.9. The van der Waals surface area contributed by atoms with Gasteiger partial charge in [-0.25, -0.2) is 4.98 Å². The molecule has 3 aromatic heterocycles. The zero-order valence-electron chi connectivity index (χ0n) is 27.3. The van der Waals surface area contributed by atoms with Crippen molar-refractivity contribution in [3.05, 3.63) is 151 Å². The first-order valence-corrected chi connectivity index (χ1v) is 16.1. The van der Waals surface area contributed by atoms with Crippen LogP contribution in [0.4, 0.5) is 0 Å². The fraction of sp³-hybridized carbons (Fsp3) is 0.0930. The van der Waals surface area contributed by atoms with E-state index in [9.17, 15) is 5.11 Å². The molecule has 242 valence electrons. The molecule has 3 heterocycles. The molecule has 5 nitrogen and oxygen atoms in total. The Kier molecular flexibility index (Phi) is 8.48. The number of rotatable bonds is 5. The standard InChI is InChI=1S/C43H33N4O.Pt/c1-43(2,3)33-18-20-34(21-19-33)47-41(46-40-36(22-24-45-42(40)47)35-16-7-8-17-38(35)48)31-14-9-13-29(25-31)37-27-32(28-11-5-4-6-12-28)26-30-15-10-23-44-39(30)37;/h4-24,26-27,48H,1-3H3;/q-1;. The van der Waals surface area contributed by atoms with Crippen LogP contribution in [-0.2, 0) is 26.5 Å². The number of hydrogen-bond donors (Lipinski definition) is 1. The van der Waals surface area contributed by atoms with Gasteiger partial charge in [0, 0.05) is 55.8 Å². The maximum atomic E-state index is 10.8. The normalized spacial score (nSPS) is 11.5. The van der Waals surface area contributed by atoms with Gasteiger partial charge in [0.25, 0.3) is 0 Å². The Morgan fingerprint density at radius 3 is 2.14 bits per heavy atom. The third kappa shape index (κ3) is 5.96. The molecule has 1 N–H and O–H groups in total. The van der Waals surface area contributed by atoms with E-state index in [4.69, 9.17) is 15.0 Å². The Morgan fingerprint density at radius 1 is 0.612 bits per heavy atom. The summed E-state index contributed by atoms with van der Waals surface area (Å²) in [7, 11) is 0. The van der Waals surface area contributed by atoms with Gasteiger partial charge < -0.3 is 9.67 Å². The predicted molar refractivity (Wildman–Crippen MR) is 195 cm³/mol. The molecule has 5 aromatic carbocycles. The van der Waals surface area contributed by atoms with Gasteiger partial charge in [0.05, 0.1) is 5.82 Å². The Bertz CT molecular complexity index is 2440. The van der Waals surface area contributed by atoms with Gasteiger partial charge in [-0.15, -0.1) is 29.8 Å². The first-order valence-electron chi connectivity index (χ1n) is 16.1. The molecule has 0 bridgehead atoms. The van der Waals surface area contributed by atoms with Crippen molar-refractivity contribution in [1.82, 2.24) is 19.5 Å². The number of benzene rings is 5. The Labute approximate surface area is 300 Å². The third-order valence-electron chi connectivity index (χ3n) is 8.87. The van der Waals surface area contributed by atoms with Crippen LogP contribution in [-0.4, -0.2) is 24.6 Å². The second kappa shape index (κ2) is 12.9. The average Bonchev–Trinajstić information content (AvgIpc) is 3.52. The van der Waals surface area contributed by atoms with Crippen molar-refractivity contribution in [2.75, 3.05) is 0 Å². The molecule has 0 atom stereocenters. The van der Waals surface area contributed by atoms with Crippen LogP contribution in [0.15, 0.2) is 140 Å². The summed E-state index contributed by atoms with van der Waals surface area (Å²) in [6.07, 6.45) is 3.62. The van der Waals surface area contributed by atoms with Crippen LogP contribution in [0.25, 0.3) is 72.5 Å². The molecule has 0 aliphatic carbocycles. The van der Waals surface area contributed by atoms with Crippen molar-refractivity contribution in [3.63, 3.8) is 0 Å². The Hall–Kier alpha value is -5.38. The van der Waals surface area contributed by atoms with Gasteiger partial charge in [-0.2, -0.15) is 0 Å². The van der Waals surface area contributed by atoms with Crippen molar-refractivity contribution in [1.29, 1.82) is 0 Å². The van der Waals surface area contributed by atoms with Crippen LogP contribution in [0.1, 0.15) is 26.3 Å². The van der Waals surface area contributed by atoms with Crippen LogP contribution < -0.4 is 0 Å². The third-order valence-corrected chi connectivity index (χ3v) is 8.87. The number of phenolic OH excluding ortho intramolecular Hbond substituents is 1. The number of aromatic hydroxyl groups is 1. The second-order valence-corrected chi connectivity index (χ2v) is 13.1. The summed E-state index contributed by atoms with van der Waals surface area (Å²) in [6, 6.07) is 46.7. The van der Waals surface area contributed by atoms with Crippen LogP contribution in [0, 0.1) is 6.07 Å². The van der Waals surface area contributed by atoms with Crippen LogP contribution >= 0.6 is 0 Å². The summed E-state index contributed by atoms with van der Waals surface area (Å²) in [6.45, 7) is 6.64. The zero-order chi connectivity index (χ0) is 32.8. The van der Waals surface area contributed by atoms with Gasteiger partial charge in [0.1, 0.15) is 11.3 Å². The number of hydrogen-bond acceptors (Lipinski definition) is 4. The monoisotopic (exact) mass is 816 g/mol. The summed E-state index contributed by atoms with van der Waals surface area (Å²) >= 11 is 0. The molecule has 6 heteroatoms. The number of para-hydroxylation sites is 1. The van der Waals surface area contributed by atoms with Gasteiger partial charge in [-0.05, 0) is 63.9 Å². The molecule has 8 aromatic rings. The van der Waals surface area contributed by atoms with E-state index in [2.05, 4.69) is 110 Å². The number of fused-ring (bicyclic) bond motifs is 2. The predicted octanol–water partition coefficient (Wildman–Crippen LogP) is 10.4. The first kappa shape index (κ1) is 32.2. The van der Waals surface area contributed by atoms with Crippen molar-refractivity contribution >= 4 is 22.1 Å². The van der Waals surface area contributed by atoms with E-state index in [1.54, 1.807) is 12.3 Å². The largest absolute Gasteiger partial charge is 0.507 e. The van der Waals surface area contributed by atoms with Crippen molar-refractivity contribution in [2.24, 2.45) is 0 Å². The molecule has 49 heavy (non-hydrogen) atoms. The summed E-state index contributed by atoms with van der Waals surface area (Å²) in [5.41, 5.74) is 11.0. The Morgan fingerprint density at radius 2 is 1.37 bits per heavy atom. The van der Waals surface area contributed by atoms with Gasteiger partial charge >= 0.3 is 0 Å². The zero-order valence-corrected chi connectivity index (χ0v) is 29.6. The number of pyridine rings is 2. The molecule has 0 amide bonds. The van der Waals surface area contributed by atoms with Gasteiger partial charge in [-0.1, -0.05) is 105 Å². The molecule has 0 aliphatic heterocycles. The second-order valence-electron chi connectivity index (χ2n) is 13.1. The molecular formula is C43H33N4OPt-. The summed E-state index contributed by atoms with van der Waals surface area (Å²) in [5, 5.41) is 11.9. The van der Waals surface area contributed by atoms with Gasteiger partial charge in [0.2, 0.25) is 0 Å². The SMILES string of the molecule is CC(C)(C)c1ccc(-n2c(-c3[c-]c(-c4cc(-c5ccccc5)cc5cccnc45)ccc3)nc3c(-c4ccccc4O)ccnc32)cc1.[Pt]. The van der Waals surface area contributed by atoms with Crippen molar-refractivity contribution < 1.29 is 26.2 Å². The van der Waals surface area contributed by atoms with E-state index in [1.165, 1.54) is 5.56 Å². The minimum atomic E-state index is 0. The van der Waals surface area contributed by atoms with Crippen molar-refractivity contribution in [3.8, 4) is 56.2 Å². The van der Waals surface area contributed by atoms with Crippen LogP contribution in [0.5, 0.6) is 5.75 Å². The molecule has 0 saturated heterocycles. The van der Waals surface area contributed by atoms with E-state index in [0.29, 0.717) is 22.6 Å². The fourth-order valence-electron chi connectivity index (χ4n) is 6.38. The summed E-state index contributed by atoms with van der Waals surface area (Å²) < 4.78 is 2.09. The minimum Gasteiger partial charge on any atom is -0.507 e. The quantitative estimate of drug-likeness (QED) is 0.176. The molecule has 0 saturated carbocycles. The molecule has 0 aliphatic rings. The summed E-state index contributed by atoms with van der Waals surface area (Å²) in [5.74, 6) is 0.907. The minimum absolute atomic E-state index is 0. The fourth-order valence-corrected chi connectivity index (χ4v) is 6.38. The molecule has 0 unspecified atom stereocenters. The van der Waals surface area contributed by atoms with E-state index < -0.39 is 0 Å². The first-order chi connectivity index (χ1) is 23.3. The molecule has 0 fully saturated rings. The smallest absolute Gasteiger partial charge is 0.157 e. The maximum absolute atomic E-state index is 10.8. The van der Waals surface area contributed by atoms with E-state index in [-0.39, 0.29) is 32.2 Å². The van der Waals surface area contributed by atoms with Gasteiger partial charge in [-0.3, -0.25) is 9.97 Å². The van der Waals surface area contributed by atoms with Gasteiger partial charge in [0.15, 0.2) is 5.65 Å². The van der Waals surface area contributed by atoms with E-state index in [1.807, 2.05) is 48.7 Å². The number of imidazole rings is 1. The average molecular weight is 817 g/mol. The number of aromatic nitrogens is 4. The maximum Gasteiger partial charge on any atom is 0.157 e. The Balaban J connectivity index is 0.00000378. The molecule has 8 rings (SSSR count). The molecular weight excluding hydrogens is 784 g/mol. The molecule has 0 radical (unpaired) electrons. The number of phenols is 1. The van der Waals surface area contributed by atoms with Crippen molar-refractivity contribution in [2.45, 2.75) is 26.2 Å². The van der Waals surface area contributed by atoms with E-state index in [0.717, 1.165) is 50.0 Å². The number of nitrogens with zero attached hydrogens (tertiary/aromatic N) is 4. The molecule has 0 spiro atoms. The van der Waals surface area contributed by atoms with Crippen LogP contribution in [0.2, 0.25) is 0 Å². The van der Waals surface area contributed by atoms with E-state index >= 15 is 0 Å². The van der Waals surface area contributed by atoms with Crippen LogP contribution in [0.3, 0.4) is 0 Å².